The minimum Gasteiger partial charge on any atom is -0.356 e. The van der Waals surface area contributed by atoms with Gasteiger partial charge in [0.15, 0.2) is 5.82 Å². The van der Waals surface area contributed by atoms with Gasteiger partial charge < -0.3 is 15.2 Å². The van der Waals surface area contributed by atoms with E-state index in [1.807, 2.05) is 30.3 Å². The Morgan fingerprint density at radius 2 is 2.10 bits per heavy atom. The number of aromatic amines is 1. The molecule has 1 fully saturated rings. The summed E-state index contributed by atoms with van der Waals surface area (Å²) < 4.78 is 1.59. The van der Waals surface area contributed by atoms with Crippen LogP contribution in [0.4, 0.5) is 5.82 Å². The number of imidazole rings is 1. The molecule has 1 atom stereocenters. The molecule has 0 saturated carbocycles. The highest BCUT2D eigenvalue weighted by molar-refractivity contribution is 5.80. The van der Waals surface area contributed by atoms with E-state index >= 15 is 0 Å². The van der Waals surface area contributed by atoms with Crippen molar-refractivity contribution in [2.45, 2.75) is 19.4 Å². The van der Waals surface area contributed by atoms with Crippen molar-refractivity contribution in [1.29, 1.82) is 0 Å². The summed E-state index contributed by atoms with van der Waals surface area (Å²) >= 11 is 0. The summed E-state index contributed by atoms with van der Waals surface area (Å²) in [7, 11) is 0. The maximum Gasteiger partial charge on any atom is 0.225 e. The van der Waals surface area contributed by atoms with E-state index < -0.39 is 0 Å². The highest BCUT2D eigenvalue weighted by atomic mass is 16.1. The van der Waals surface area contributed by atoms with Crippen molar-refractivity contribution >= 4 is 22.8 Å². The summed E-state index contributed by atoms with van der Waals surface area (Å²) in [5, 5.41) is 7.13. The average molecular weight is 403 g/mol. The zero-order valence-corrected chi connectivity index (χ0v) is 16.3. The molecule has 3 aromatic heterocycles. The Morgan fingerprint density at radius 3 is 2.97 bits per heavy atom. The number of para-hydroxylation sites is 2. The summed E-state index contributed by atoms with van der Waals surface area (Å²) in [6, 6.07) is 9.70. The van der Waals surface area contributed by atoms with Crippen molar-refractivity contribution in [3.63, 3.8) is 0 Å². The number of fused-ring (bicyclic) bond motifs is 1. The number of H-pyrrole nitrogens is 1. The molecule has 0 radical (unpaired) electrons. The molecule has 0 aliphatic carbocycles. The predicted molar refractivity (Wildman–Crippen MR) is 110 cm³/mol. The summed E-state index contributed by atoms with van der Waals surface area (Å²) in [5.41, 5.74) is 1.87. The van der Waals surface area contributed by atoms with Gasteiger partial charge in [0, 0.05) is 19.2 Å². The molecule has 1 aromatic carbocycles. The van der Waals surface area contributed by atoms with Gasteiger partial charge in [0.25, 0.3) is 0 Å². The number of hydrogen-bond donors (Lipinski definition) is 2. The smallest absolute Gasteiger partial charge is 0.225 e. The highest BCUT2D eigenvalue weighted by Crippen LogP contribution is 2.22. The number of amides is 1. The number of benzene rings is 1. The zero-order valence-electron chi connectivity index (χ0n) is 16.3. The highest BCUT2D eigenvalue weighted by Gasteiger charge is 2.27. The van der Waals surface area contributed by atoms with Crippen LogP contribution in [-0.2, 0) is 11.3 Å². The van der Waals surface area contributed by atoms with Crippen LogP contribution in [0, 0.1) is 5.92 Å². The molecule has 2 N–H and O–H groups in total. The number of carbonyl (C=O) groups is 1. The summed E-state index contributed by atoms with van der Waals surface area (Å²) in [4.78, 5) is 35.3. The number of anilines is 1. The minimum absolute atomic E-state index is 0.0331. The van der Waals surface area contributed by atoms with Gasteiger partial charge in [-0.25, -0.2) is 24.6 Å². The maximum atomic E-state index is 12.8. The first-order valence-electron chi connectivity index (χ1n) is 9.89. The quantitative estimate of drug-likeness (QED) is 0.518. The molecule has 5 rings (SSSR count). The molecule has 0 spiro atoms. The van der Waals surface area contributed by atoms with E-state index in [1.165, 1.54) is 12.7 Å². The van der Waals surface area contributed by atoms with Crippen molar-refractivity contribution in [2.24, 2.45) is 5.92 Å². The summed E-state index contributed by atoms with van der Waals surface area (Å²) in [6.07, 6.45) is 6.34. The standard InChI is InChI=1S/C20H21N9O/c30-20(22-9-17-26-15-5-1-2-6-16(15)27-17)14-4-3-7-28(10-14)18-8-19(24-12-23-18)29-13-21-11-25-29/h1-2,5-6,8,11-14H,3-4,7,9-10H2,(H,22,30)(H,26,27). The van der Waals surface area contributed by atoms with E-state index in [2.05, 4.69) is 40.2 Å². The lowest BCUT2D eigenvalue weighted by Crippen LogP contribution is -2.43. The Balaban J connectivity index is 1.24. The zero-order chi connectivity index (χ0) is 20.3. The van der Waals surface area contributed by atoms with Crippen LogP contribution < -0.4 is 10.2 Å². The topological polar surface area (TPSA) is 118 Å². The lowest BCUT2D eigenvalue weighted by atomic mass is 9.97. The number of carbonyl (C=O) groups excluding carboxylic acids is 1. The summed E-state index contributed by atoms with van der Waals surface area (Å²) in [6.45, 7) is 1.84. The van der Waals surface area contributed by atoms with E-state index in [9.17, 15) is 4.79 Å². The molecule has 1 aliphatic heterocycles. The van der Waals surface area contributed by atoms with E-state index in [1.54, 1.807) is 11.0 Å². The van der Waals surface area contributed by atoms with Gasteiger partial charge in [-0.2, -0.15) is 5.10 Å². The molecule has 10 heteroatoms. The molecule has 30 heavy (non-hydrogen) atoms. The molecule has 0 bridgehead atoms. The minimum atomic E-state index is -0.104. The molecule has 1 saturated heterocycles. The number of aromatic nitrogens is 7. The van der Waals surface area contributed by atoms with Gasteiger partial charge in [-0.3, -0.25) is 4.79 Å². The number of nitrogens with one attached hydrogen (secondary N) is 2. The molecule has 10 nitrogen and oxygen atoms in total. The number of piperidine rings is 1. The first kappa shape index (κ1) is 18.2. The van der Waals surface area contributed by atoms with Gasteiger partial charge in [-0.05, 0) is 25.0 Å². The van der Waals surface area contributed by atoms with Crippen molar-refractivity contribution in [1.82, 2.24) is 40.0 Å². The molecule has 1 amide bonds. The molecule has 4 aromatic rings. The van der Waals surface area contributed by atoms with Gasteiger partial charge in [0.2, 0.25) is 5.91 Å². The van der Waals surface area contributed by atoms with Crippen LogP contribution in [-0.4, -0.2) is 53.7 Å². The van der Waals surface area contributed by atoms with Gasteiger partial charge in [0.1, 0.15) is 30.6 Å². The van der Waals surface area contributed by atoms with Gasteiger partial charge in [-0.15, -0.1) is 0 Å². The van der Waals surface area contributed by atoms with Crippen LogP contribution in [0.5, 0.6) is 0 Å². The first-order chi connectivity index (χ1) is 14.8. The third-order valence-electron chi connectivity index (χ3n) is 5.28. The van der Waals surface area contributed by atoms with Crippen LogP contribution in [0.1, 0.15) is 18.7 Å². The van der Waals surface area contributed by atoms with Crippen LogP contribution in [0.2, 0.25) is 0 Å². The number of rotatable bonds is 5. The predicted octanol–water partition coefficient (Wildman–Crippen LogP) is 1.47. The van der Waals surface area contributed by atoms with E-state index in [0.717, 1.165) is 42.1 Å². The largest absolute Gasteiger partial charge is 0.356 e. The van der Waals surface area contributed by atoms with Crippen LogP contribution in [0.15, 0.2) is 49.3 Å². The number of nitrogens with zero attached hydrogens (tertiary/aromatic N) is 7. The second-order valence-corrected chi connectivity index (χ2v) is 7.28. The van der Waals surface area contributed by atoms with Crippen molar-refractivity contribution in [3.8, 4) is 5.82 Å². The molecular formula is C20H21N9O. The Kier molecular flexibility index (Phi) is 4.80. The van der Waals surface area contributed by atoms with Crippen LogP contribution in [0.3, 0.4) is 0 Å². The SMILES string of the molecule is O=C(NCc1nc2ccccc2[nH]1)C1CCCN(c2cc(-n3cncn3)ncn2)C1. The van der Waals surface area contributed by atoms with Crippen molar-refractivity contribution in [3.05, 3.63) is 55.1 Å². The first-order valence-corrected chi connectivity index (χ1v) is 9.89. The third-order valence-corrected chi connectivity index (χ3v) is 5.28. The second-order valence-electron chi connectivity index (χ2n) is 7.28. The van der Waals surface area contributed by atoms with E-state index in [4.69, 9.17) is 0 Å². The Hall–Kier alpha value is -3.82. The fraction of sp³-hybridized carbons (Fsp3) is 0.300. The van der Waals surface area contributed by atoms with Crippen LogP contribution in [0.25, 0.3) is 16.9 Å². The Morgan fingerprint density at radius 1 is 1.20 bits per heavy atom. The Bertz CT molecular complexity index is 1120. The summed E-state index contributed by atoms with van der Waals surface area (Å²) in [5.74, 6) is 2.11. The lowest BCUT2D eigenvalue weighted by molar-refractivity contribution is -0.125. The molecule has 152 valence electrons. The number of hydrogen-bond acceptors (Lipinski definition) is 7. The van der Waals surface area contributed by atoms with E-state index in [0.29, 0.717) is 18.9 Å². The van der Waals surface area contributed by atoms with E-state index in [-0.39, 0.29) is 11.8 Å². The molecule has 4 heterocycles. The van der Waals surface area contributed by atoms with Gasteiger partial charge in [-0.1, -0.05) is 12.1 Å². The Labute approximate surface area is 172 Å². The maximum absolute atomic E-state index is 12.8. The molecule has 1 unspecified atom stereocenters. The average Bonchev–Trinajstić information content (AvgIpc) is 3.47. The fourth-order valence-corrected chi connectivity index (χ4v) is 3.77. The van der Waals surface area contributed by atoms with Gasteiger partial charge in [0.05, 0.1) is 23.5 Å². The van der Waals surface area contributed by atoms with Crippen molar-refractivity contribution in [2.75, 3.05) is 18.0 Å². The molecular weight excluding hydrogens is 382 g/mol. The van der Waals surface area contributed by atoms with Crippen LogP contribution >= 0.6 is 0 Å². The lowest BCUT2D eigenvalue weighted by Gasteiger charge is -2.32. The molecule has 1 aliphatic rings. The second kappa shape index (κ2) is 7.90. The van der Waals surface area contributed by atoms with Gasteiger partial charge >= 0.3 is 0 Å². The van der Waals surface area contributed by atoms with Crippen molar-refractivity contribution < 1.29 is 4.79 Å². The fourth-order valence-electron chi connectivity index (χ4n) is 3.77. The monoisotopic (exact) mass is 403 g/mol. The third kappa shape index (κ3) is 3.71. The normalized spacial score (nSPS) is 16.7.